The molecule has 1 atom stereocenters. The molecule has 2 rings (SSSR count). The molecule has 3 heteroatoms. The van der Waals surface area contributed by atoms with E-state index in [0.29, 0.717) is 24.2 Å². The Bertz CT molecular complexity index is 806. The van der Waals surface area contributed by atoms with Gasteiger partial charge in [-0.15, -0.1) is 0 Å². The molecule has 1 aliphatic rings. The highest BCUT2D eigenvalue weighted by molar-refractivity contribution is 6.06. The minimum absolute atomic E-state index is 0.108. The van der Waals surface area contributed by atoms with E-state index in [1.807, 2.05) is 51.1 Å². The summed E-state index contributed by atoms with van der Waals surface area (Å²) in [6, 6.07) is 9.48. The maximum Gasteiger partial charge on any atom is 0.316 e. The third-order valence-corrected chi connectivity index (χ3v) is 5.76. The fraction of sp³-hybridized carbons (Fsp3) is 0.520. The first kappa shape index (κ1) is 22.1. The van der Waals surface area contributed by atoms with Crippen LogP contribution in [0.25, 0.3) is 0 Å². The minimum Gasteiger partial charge on any atom is -0.426 e. The van der Waals surface area contributed by atoms with Crippen molar-refractivity contribution in [3.8, 4) is 0 Å². The number of benzene rings is 1. The Morgan fingerprint density at radius 1 is 0.893 bits per heavy atom. The molecule has 0 amide bonds. The van der Waals surface area contributed by atoms with E-state index in [-0.39, 0.29) is 11.8 Å². The third kappa shape index (κ3) is 3.59. The molecule has 28 heavy (non-hydrogen) atoms. The molecule has 1 aromatic carbocycles. The summed E-state index contributed by atoms with van der Waals surface area (Å²) in [6.45, 7) is 13.8. The van der Waals surface area contributed by atoms with E-state index in [9.17, 15) is 9.59 Å². The van der Waals surface area contributed by atoms with Crippen LogP contribution in [-0.2, 0) is 9.53 Å². The van der Waals surface area contributed by atoms with Crippen molar-refractivity contribution in [2.24, 2.45) is 10.8 Å². The molecular formula is C25H34O3. The SMILES string of the molecule is CCC1=C(CC)C(CC)(C(=O)c2ccccc2)C(CC)=C1OC(=O)C(C)(C)C. The molecule has 0 heterocycles. The fourth-order valence-electron chi connectivity index (χ4n) is 4.37. The number of ether oxygens (including phenoxy) is 1. The highest BCUT2D eigenvalue weighted by atomic mass is 16.5. The maximum atomic E-state index is 13.8. The van der Waals surface area contributed by atoms with E-state index in [0.717, 1.165) is 29.6 Å². The average molecular weight is 383 g/mol. The van der Waals surface area contributed by atoms with E-state index in [4.69, 9.17) is 4.74 Å². The summed E-state index contributed by atoms with van der Waals surface area (Å²) in [5.74, 6) is 0.499. The first-order chi connectivity index (χ1) is 13.2. The molecule has 3 nitrogen and oxygen atoms in total. The van der Waals surface area contributed by atoms with Crippen molar-refractivity contribution in [2.45, 2.75) is 74.1 Å². The number of hydrogen-bond acceptors (Lipinski definition) is 3. The summed E-state index contributed by atoms with van der Waals surface area (Å²) < 4.78 is 5.99. The van der Waals surface area contributed by atoms with Crippen LogP contribution in [0.3, 0.4) is 0 Å². The zero-order chi connectivity index (χ0) is 21.1. The van der Waals surface area contributed by atoms with Crippen molar-refractivity contribution in [1.29, 1.82) is 0 Å². The normalized spacial score (nSPS) is 20.0. The predicted molar refractivity (Wildman–Crippen MR) is 114 cm³/mol. The molecule has 1 unspecified atom stereocenters. The molecule has 0 aromatic heterocycles. The van der Waals surface area contributed by atoms with E-state index >= 15 is 0 Å². The number of carbonyl (C=O) groups excluding carboxylic acids is 2. The molecule has 0 N–H and O–H groups in total. The number of ketones is 1. The Kier molecular flexibility index (Phi) is 6.69. The largest absolute Gasteiger partial charge is 0.426 e. The standard InChI is InChI=1S/C25H34O3/c1-8-18-19(9-2)25(11-4,22(26)17-15-13-12-14-16-17)20(10-3)21(18)28-23(27)24(5,6)7/h12-16H,8-11H2,1-7H3. The molecule has 1 aliphatic carbocycles. The lowest BCUT2D eigenvalue weighted by Crippen LogP contribution is -2.33. The molecule has 0 saturated carbocycles. The number of carbonyl (C=O) groups is 2. The van der Waals surface area contributed by atoms with Crippen LogP contribution in [0.2, 0.25) is 0 Å². The van der Waals surface area contributed by atoms with Gasteiger partial charge in [-0.05, 0) is 63.2 Å². The van der Waals surface area contributed by atoms with Crippen molar-refractivity contribution in [3.63, 3.8) is 0 Å². The topological polar surface area (TPSA) is 43.4 Å². The molecular weight excluding hydrogens is 348 g/mol. The van der Waals surface area contributed by atoms with Gasteiger partial charge in [-0.2, -0.15) is 0 Å². The Morgan fingerprint density at radius 2 is 1.46 bits per heavy atom. The number of Topliss-reactive ketones (excluding diaryl/α,β-unsaturated/α-hetero) is 1. The van der Waals surface area contributed by atoms with Crippen molar-refractivity contribution in [1.82, 2.24) is 0 Å². The van der Waals surface area contributed by atoms with Crippen molar-refractivity contribution >= 4 is 11.8 Å². The zero-order valence-corrected chi connectivity index (χ0v) is 18.4. The monoisotopic (exact) mass is 382 g/mol. The fourth-order valence-corrected chi connectivity index (χ4v) is 4.37. The van der Waals surface area contributed by atoms with Gasteiger partial charge in [0.15, 0.2) is 5.78 Å². The highest BCUT2D eigenvalue weighted by Crippen LogP contribution is 2.55. The molecule has 0 aliphatic heterocycles. The summed E-state index contributed by atoms with van der Waals surface area (Å²) in [6.07, 6.45) is 2.83. The number of rotatable bonds is 7. The number of hydrogen-bond donors (Lipinski definition) is 0. The van der Waals surface area contributed by atoms with Gasteiger partial charge in [-0.1, -0.05) is 58.0 Å². The van der Waals surface area contributed by atoms with Crippen LogP contribution in [0, 0.1) is 10.8 Å². The van der Waals surface area contributed by atoms with E-state index in [2.05, 4.69) is 27.7 Å². The van der Waals surface area contributed by atoms with Gasteiger partial charge in [0.2, 0.25) is 0 Å². The van der Waals surface area contributed by atoms with E-state index in [1.165, 1.54) is 0 Å². The molecule has 0 spiro atoms. The van der Waals surface area contributed by atoms with E-state index in [1.54, 1.807) is 0 Å². The molecule has 1 aromatic rings. The summed E-state index contributed by atoms with van der Waals surface area (Å²) >= 11 is 0. The zero-order valence-electron chi connectivity index (χ0n) is 18.4. The van der Waals surface area contributed by atoms with Crippen molar-refractivity contribution < 1.29 is 14.3 Å². The van der Waals surface area contributed by atoms with Gasteiger partial charge in [0.25, 0.3) is 0 Å². The van der Waals surface area contributed by atoms with Gasteiger partial charge in [0, 0.05) is 5.56 Å². The lowest BCUT2D eigenvalue weighted by Gasteiger charge is -2.33. The van der Waals surface area contributed by atoms with Crippen LogP contribution in [-0.4, -0.2) is 11.8 Å². The summed E-state index contributed by atoms with van der Waals surface area (Å²) in [4.78, 5) is 26.5. The van der Waals surface area contributed by atoms with Gasteiger partial charge in [0.1, 0.15) is 5.76 Å². The van der Waals surface area contributed by atoms with E-state index < -0.39 is 10.8 Å². The van der Waals surface area contributed by atoms with Crippen LogP contribution in [0.1, 0.15) is 84.5 Å². The van der Waals surface area contributed by atoms with Gasteiger partial charge >= 0.3 is 5.97 Å². The van der Waals surface area contributed by atoms with Crippen LogP contribution >= 0.6 is 0 Å². The quantitative estimate of drug-likeness (QED) is 0.392. The van der Waals surface area contributed by atoms with Crippen LogP contribution in [0.4, 0.5) is 0 Å². The van der Waals surface area contributed by atoms with Gasteiger partial charge in [0.05, 0.1) is 10.8 Å². The lowest BCUT2D eigenvalue weighted by atomic mass is 9.67. The number of allylic oxidation sites excluding steroid dienone is 3. The molecule has 0 saturated heterocycles. The smallest absolute Gasteiger partial charge is 0.316 e. The van der Waals surface area contributed by atoms with Crippen LogP contribution in [0.5, 0.6) is 0 Å². The Morgan fingerprint density at radius 3 is 1.89 bits per heavy atom. The first-order valence-corrected chi connectivity index (χ1v) is 10.5. The van der Waals surface area contributed by atoms with Gasteiger partial charge in [-0.25, -0.2) is 0 Å². The highest BCUT2D eigenvalue weighted by Gasteiger charge is 2.50. The second-order valence-corrected chi connectivity index (χ2v) is 8.42. The second-order valence-electron chi connectivity index (χ2n) is 8.42. The summed E-state index contributed by atoms with van der Waals surface area (Å²) in [7, 11) is 0. The predicted octanol–water partition coefficient (Wildman–Crippen LogP) is 6.65. The summed E-state index contributed by atoms with van der Waals surface area (Å²) in [5.41, 5.74) is 2.49. The minimum atomic E-state index is -0.719. The van der Waals surface area contributed by atoms with Crippen molar-refractivity contribution in [2.75, 3.05) is 0 Å². The van der Waals surface area contributed by atoms with Gasteiger partial charge in [-0.3, -0.25) is 9.59 Å². The maximum absolute atomic E-state index is 13.8. The number of esters is 1. The molecule has 0 radical (unpaired) electrons. The second kappa shape index (κ2) is 8.46. The molecule has 0 bridgehead atoms. The van der Waals surface area contributed by atoms with Crippen LogP contribution < -0.4 is 0 Å². The lowest BCUT2D eigenvalue weighted by molar-refractivity contribution is -0.148. The Labute approximate surface area is 169 Å². The van der Waals surface area contributed by atoms with Crippen LogP contribution in [0.15, 0.2) is 52.8 Å². The molecule has 0 fully saturated rings. The Hall–Kier alpha value is -2.16. The summed E-state index contributed by atoms with van der Waals surface area (Å²) in [5, 5.41) is 0. The van der Waals surface area contributed by atoms with Gasteiger partial charge < -0.3 is 4.74 Å². The first-order valence-electron chi connectivity index (χ1n) is 10.5. The van der Waals surface area contributed by atoms with Crippen molar-refractivity contribution in [3.05, 3.63) is 58.4 Å². The molecule has 152 valence electrons. The third-order valence-electron chi connectivity index (χ3n) is 5.76. The average Bonchev–Trinajstić information content (AvgIpc) is 2.95. The Balaban J connectivity index is 2.73.